The Hall–Kier alpha value is -1.30. The molecule has 0 aliphatic carbocycles. The first-order valence-corrected chi connectivity index (χ1v) is 4.12. The van der Waals surface area contributed by atoms with Gasteiger partial charge in [-0.1, -0.05) is 0 Å². The lowest BCUT2D eigenvalue weighted by Crippen LogP contribution is -1.97. The fourth-order valence-electron chi connectivity index (χ4n) is 0.757. The van der Waals surface area contributed by atoms with Crippen LogP contribution in [0, 0.1) is 10.1 Å². The lowest BCUT2D eigenvalue weighted by atomic mass is 10.2. The van der Waals surface area contributed by atoms with Crippen molar-refractivity contribution in [1.29, 1.82) is 0 Å². The van der Waals surface area contributed by atoms with Crippen molar-refractivity contribution in [2.24, 2.45) is 0 Å². The summed E-state index contributed by atoms with van der Waals surface area (Å²) < 4.78 is 0.127. The van der Waals surface area contributed by atoms with Crippen LogP contribution in [0.4, 0.5) is 5.69 Å². The van der Waals surface area contributed by atoms with Gasteiger partial charge in [0.15, 0.2) is 10.4 Å². The molecule has 1 aromatic rings. The number of hydrogen-bond acceptors (Lipinski definition) is 4. The molecule has 0 spiro atoms. The summed E-state index contributed by atoms with van der Waals surface area (Å²) in [6.45, 7) is 1.33. The van der Waals surface area contributed by atoms with Gasteiger partial charge in [-0.25, -0.2) is 4.98 Å². The number of hydrogen-bond donors (Lipinski definition) is 0. The van der Waals surface area contributed by atoms with E-state index in [9.17, 15) is 14.9 Å². The first-order chi connectivity index (χ1) is 6.02. The molecule has 1 aromatic heterocycles. The van der Waals surface area contributed by atoms with Gasteiger partial charge in [-0.05, 0) is 22.9 Å². The number of pyridine rings is 1. The Morgan fingerprint density at radius 2 is 2.31 bits per heavy atom. The average Bonchev–Trinajstić information content (AvgIpc) is 2.04. The van der Waals surface area contributed by atoms with Crippen LogP contribution in [0.3, 0.4) is 0 Å². The number of halogens is 1. The molecule has 6 heteroatoms. The molecule has 0 aromatic carbocycles. The highest BCUT2D eigenvalue weighted by molar-refractivity contribution is 9.10. The quantitative estimate of drug-likeness (QED) is 0.345. The van der Waals surface area contributed by atoms with Crippen LogP contribution in [0.2, 0.25) is 0 Å². The standard InChI is InChI=1S/C7H5BrN2O3/c1-4(11)5-2-6(10(12)13)7(8)9-3-5/h2-3H,1H3. The minimum Gasteiger partial charge on any atom is -0.294 e. The molecular formula is C7H5BrN2O3. The zero-order valence-electron chi connectivity index (χ0n) is 6.65. The molecule has 0 atom stereocenters. The van der Waals surface area contributed by atoms with E-state index in [-0.39, 0.29) is 21.6 Å². The number of Topliss-reactive ketones (excluding diaryl/α,β-unsaturated/α-hetero) is 1. The molecular weight excluding hydrogens is 240 g/mol. The third-order valence-electron chi connectivity index (χ3n) is 1.42. The monoisotopic (exact) mass is 244 g/mol. The number of nitro groups is 1. The van der Waals surface area contributed by atoms with Crippen LogP contribution in [-0.2, 0) is 0 Å². The highest BCUT2D eigenvalue weighted by Crippen LogP contribution is 2.22. The zero-order valence-corrected chi connectivity index (χ0v) is 8.24. The first kappa shape index (κ1) is 9.79. The highest BCUT2D eigenvalue weighted by atomic mass is 79.9. The van der Waals surface area contributed by atoms with Crippen molar-refractivity contribution in [2.75, 3.05) is 0 Å². The van der Waals surface area contributed by atoms with Crippen LogP contribution in [-0.4, -0.2) is 15.7 Å². The zero-order chi connectivity index (χ0) is 10.0. The first-order valence-electron chi connectivity index (χ1n) is 3.33. The third-order valence-corrected chi connectivity index (χ3v) is 2.03. The molecule has 0 saturated carbocycles. The molecule has 0 bridgehead atoms. The lowest BCUT2D eigenvalue weighted by molar-refractivity contribution is -0.386. The second-order valence-electron chi connectivity index (χ2n) is 2.35. The topological polar surface area (TPSA) is 73.1 Å². The Bertz CT molecular complexity index is 378. The summed E-state index contributed by atoms with van der Waals surface area (Å²) in [6, 6.07) is 1.19. The van der Waals surface area contributed by atoms with E-state index >= 15 is 0 Å². The van der Waals surface area contributed by atoms with E-state index in [1.54, 1.807) is 0 Å². The van der Waals surface area contributed by atoms with Crippen molar-refractivity contribution >= 4 is 27.4 Å². The Morgan fingerprint density at radius 3 is 2.77 bits per heavy atom. The average molecular weight is 245 g/mol. The lowest BCUT2D eigenvalue weighted by Gasteiger charge is -1.96. The molecule has 0 radical (unpaired) electrons. The number of carbonyl (C=O) groups is 1. The van der Waals surface area contributed by atoms with Crippen molar-refractivity contribution in [3.05, 3.63) is 32.5 Å². The minimum absolute atomic E-state index is 0.127. The van der Waals surface area contributed by atoms with E-state index in [1.165, 1.54) is 19.2 Å². The number of aromatic nitrogens is 1. The van der Waals surface area contributed by atoms with E-state index in [4.69, 9.17) is 0 Å². The second-order valence-corrected chi connectivity index (χ2v) is 3.10. The normalized spacial score (nSPS) is 9.69. The third kappa shape index (κ3) is 2.09. The predicted octanol–water partition coefficient (Wildman–Crippen LogP) is 1.95. The molecule has 5 nitrogen and oxygen atoms in total. The summed E-state index contributed by atoms with van der Waals surface area (Å²) in [6.07, 6.45) is 1.29. The van der Waals surface area contributed by atoms with E-state index in [2.05, 4.69) is 20.9 Å². The summed E-state index contributed by atoms with van der Waals surface area (Å²) in [7, 11) is 0. The molecule has 0 aliphatic rings. The van der Waals surface area contributed by atoms with Crippen LogP contribution >= 0.6 is 15.9 Å². The van der Waals surface area contributed by atoms with Crippen molar-refractivity contribution in [3.8, 4) is 0 Å². The van der Waals surface area contributed by atoms with Crippen molar-refractivity contribution in [2.45, 2.75) is 6.92 Å². The van der Waals surface area contributed by atoms with Crippen LogP contribution in [0.15, 0.2) is 16.9 Å². The van der Waals surface area contributed by atoms with Gasteiger partial charge in [-0.2, -0.15) is 0 Å². The number of rotatable bonds is 2. The van der Waals surface area contributed by atoms with Gasteiger partial charge in [0.1, 0.15) is 0 Å². The van der Waals surface area contributed by atoms with E-state index in [0.717, 1.165) is 0 Å². The Morgan fingerprint density at radius 1 is 1.69 bits per heavy atom. The number of carbonyl (C=O) groups excluding carboxylic acids is 1. The van der Waals surface area contributed by atoms with E-state index < -0.39 is 4.92 Å². The van der Waals surface area contributed by atoms with Crippen LogP contribution in [0.25, 0.3) is 0 Å². The molecule has 0 aliphatic heterocycles. The van der Waals surface area contributed by atoms with Crippen molar-refractivity contribution < 1.29 is 9.72 Å². The molecule has 13 heavy (non-hydrogen) atoms. The maximum Gasteiger partial charge on any atom is 0.302 e. The molecule has 0 N–H and O–H groups in total. The number of ketones is 1. The maximum atomic E-state index is 10.9. The van der Waals surface area contributed by atoms with Gasteiger partial charge in [-0.3, -0.25) is 14.9 Å². The fourth-order valence-corrected chi connectivity index (χ4v) is 1.12. The minimum atomic E-state index is -0.594. The van der Waals surface area contributed by atoms with Crippen LogP contribution < -0.4 is 0 Å². The fraction of sp³-hybridized carbons (Fsp3) is 0.143. The van der Waals surface area contributed by atoms with Crippen molar-refractivity contribution in [1.82, 2.24) is 4.98 Å². The second kappa shape index (κ2) is 3.61. The van der Waals surface area contributed by atoms with E-state index in [1.807, 2.05) is 0 Å². The molecule has 0 saturated heterocycles. The smallest absolute Gasteiger partial charge is 0.294 e. The Labute approximate surface area is 82.1 Å². The van der Waals surface area contributed by atoms with Gasteiger partial charge >= 0.3 is 5.69 Å². The maximum absolute atomic E-state index is 10.9. The van der Waals surface area contributed by atoms with Gasteiger partial charge < -0.3 is 0 Å². The SMILES string of the molecule is CC(=O)c1cnc(Br)c([N+](=O)[O-])c1. The molecule has 0 fully saturated rings. The van der Waals surface area contributed by atoms with Crippen molar-refractivity contribution in [3.63, 3.8) is 0 Å². The molecule has 0 amide bonds. The molecule has 68 valence electrons. The summed E-state index contributed by atoms with van der Waals surface area (Å²) in [5.74, 6) is -0.247. The summed E-state index contributed by atoms with van der Waals surface area (Å²) >= 11 is 2.92. The predicted molar refractivity (Wildman–Crippen MR) is 48.6 cm³/mol. The summed E-state index contributed by atoms with van der Waals surface area (Å²) in [4.78, 5) is 24.4. The van der Waals surface area contributed by atoms with Gasteiger partial charge in [0.2, 0.25) is 0 Å². The largest absolute Gasteiger partial charge is 0.302 e. The van der Waals surface area contributed by atoms with Gasteiger partial charge in [0.05, 0.1) is 4.92 Å². The highest BCUT2D eigenvalue weighted by Gasteiger charge is 2.15. The Balaban J connectivity index is 3.27. The van der Waals surface area contributed by atoms with Crippen LogP contribution in [0.5, 0.6) is 0 Å². The molecule has 1 rings (SSSR count). The van der Waals surface area contributed by atoms with Gasteiger partial charge in [0, 0.05) is 17.8 Å². The molecule has 0 unspecified atom stereocenters. The van der Waals surface area contributed by atoms with Gasteiger partial charge in [-0.15, -0.1) is 0 Å². The summed E-state index contributed by atoms with van der Waals surface area (Å²) in [5.41, 5.74) is 0.0302. The molecule has 1 heterocycles. The summed E-state index contributed by atoms with van der Waals surface area (Å²) in [5, 5.41) is 10.4. The van der Waals surface area contributed by atoms with E-state index in [0.29, 0.717) is 0 Å². The van der Waals surface area contributed by atoms with Gasteiger partial charge in [0.25, 0.3) is 0 Å². The van der Waals surface area contributed by atoms with Crippen LogP contribution in [0.1, 0.15) is 17.3 Å². The number of nitrogens with zero attached hydrogens (tertiary/aromatic N) is 2. The Kier molecular flexibility index (Phi) is 2.72.